The Bertz CT molecular complexity index is 450. The molecule has 5 nitrogen and oxygen atoms in total. The van der Waals surface area contributed by atoms with Gasteiger partial charge in [-0.25, -0.2) is 4.79 Å². The van der Waals surface area contributed by atoms with Gasteiger partial charge in [0.15, 0.2) is 0 Å². The van der Waals surface area contributed by atoms with Crippen molar-refractivity contribution in [2.45, 2.75) is 26.8 Å². The molecule has 0 bridgehead atoms. The van der Waals surface area contributed by atoms with Crippen molar-refractivity contribution in [3.63, 3.8) is 0 Å². The lowest BCUT2D eigenvalue weighted by molar-refractivity contribution is -0.140. The molecule has 0 aliphatic carbocycles. The molecule has 0 fully saturated rings. The molecule has 0 saturated carbocycles. The second kappa shape index (κ2) is 5.64. The van der Waals surface area contributed by atoms with E-state index in [0.29, 0.717) is 5.69 Å². The lowest BCUT2D eigenvalue weighted by Gasteiger charge is -2.29. The summed E-state index contributed by atoms with van der Waals surface area (Å²) in [6.45, 7) is 4.30. The van der Waals surface area contributed by atoms with Gasteiger partial charge < -0.3 is 10.2 Å². The van der Waals surface area contributed by atoms with Gasteiger partial charge in [0.1, 0.15) is 12.6 Å². The van der Waals surface area contributed by atoms with Crippen LogP contribution in [-0.2, 0) is 9.59 Å². The average Bonchev–Trinajstić information content (AvgIpc) is 2.32. The third kappa shape index (κ3) is 2.68. The Hall–Kier alpha value is -1.88. The number of para-hydroxylation sites is 1. The number of hydrogen-bond acceptors (Lipinski definition) is 3. The fourth-order valence-corrected chi connectivity index (χ4v) is 1.91. The predicted octanol–water partition coefficient (Wildman–Crippen LogP) is 1.10. The maximum absolute atomic E-state index is 11.8. The highest BCUT2D eigenvalue weighted by Crippen LogP contribution is 2.26. The number of aliphatic hydroxyl groups excluding tert-OH is 1. The number of hydrogen-bond donors (Lipinski definition) is 2. The van der Waals surface area contributed by atoms with Crippen LogP contribution in [0.1, 0.15) is 18.1 Å². The quantitative estimate of drug-likeness (QED) is 0.840. The largest absolute Gasteiger partial charge is 0.480 e. The second-order valence-corrected chi connectivity index (χ2v) is 4.18. The number of carboxylic acids is 1. The van der Waals surface area contributed by atoms with Gasteiger partial charge in [-0.3, -0.25) is 9.69 Å². The summed E-state index contributed by atoms with van der Waals surface area (Å²) in [4.78, 5) is 24.0. The van der Waals surface area contributed by atoms with E-state index in [4.69, 9.17) is 10.2 Å². The van der Waals surface area contributed by atoms with Gasteiger partial charge in [0.2, 0.25) is 0 Å². The first-order valence-electron chi connectivity index (χ1n) is 5.62. The Morgan fingerprint density at radius 1 is 1.28 bits per heavy atom. The van der Waals surface area contributed by atoms with Gasteiger partial charge in [-0.1, -0.05) is 18.2 Å². The van der Waals surface area contributed by atoms with E-state index in [1.165, 1.54) is 6.92 Å². The Balaban J connectivity index is 3.35. The topological polar surface area (TPSA) is 77.8 Å². The van der Waals surface area contributed by atoms with Gasteiger partial charge in [-0.05, 0) is 31.9 Å². The number of carbonyl (C=O) groups excluding carboxylic acids is 1. The maximum atomic E-state index is 11.8. The first kappa shape index (κ1) is 14.2. The smallest absolute Gasteiger partial charge is 0.326 e. The number of nitrogens with zero attached hydrogens (tertiary/aromatic N) is 1. The highest BCUT2D eigenvalue weighted by molar-refractivity contribution is 6.00. The number of amides is 1. The molecule has 5 heteroatoms. The van der Waals surface area contributed by atoms with Crippen molar-refractivity contribution in [1.29, 1.82) is 0 Å². The molecule has 2 N–H and O–H groups in total. The van der Waals surface area contributed by atoms with Crippen molar-refractivity contribution < 1.29 is 19.8 Å². The van der Waals surface area contributed by atoms with Gasteiger partial charge in [-0.15, -0.1) is 0 Å². The molecule has 1 aromatic rings. The van der Waals surface area contributed by atoms with Crippen molar-refractivity contribution in [1.82, 2.24) is 0 Å². The standard InChI is InChI=1S/C13H17NO4/c1-8-5-4-6-9(2)12(8)14(11(16)7-15)10(3)13(17)18/h4-6,10,15H,7H2,1-3H3,(H,17,18)/t10-/m1/s1. The van der Waals surface area contributed by atoms with E-state index < -0.39 is 24.5 Å². The summed E-state index contributed by atoms with van der Waals surface area (Å²) in [7, 11) is 0. The Morgan fingerprint density at radius 3 is 2.17 bits per heavy atom. The molecule has 0 heterocycles. The number of carboxylic acid groups (broad SMARTS) is 1. The van der Waals surface area contributed by atoms with Crippen molar-refractivity contribution in [3.05, 3.63) is 29.3 Å². The molecule has 0 aliphatic heterocycles. The Morgan fingerprint density at radius 2 is 1.78 bits per heavy atom. The van der Waals surface area contributed by atoms with Crippen LogP contribution in [0.2, 0.25) is 0 Å². The zero-order valence-corrected chi connectivity index (χ0v) is 10.7. The minimum Gasteiger partial charge on any atom is -0.480 e. The molecule has 1 amide bonds. The Kier molecular flexibility index (Phi) is 4.44. The van der Waals surface area contributed by atoms with Crippen LogP contribution in [0.15, 0.2) is 18.2 Å². The fraction of sp³-hybridized carbons (Fsp3) is 0.385. The van der Waals surface area contributed by atoms with Crippen molar-refractivity contribution >= 4 is 17.6 Å². The van der Waals surface area contributed by atoms with Crippen molar-refractivity contribution in [3.8, 4) is 0 Å². The van der Waals surface area contributed by atoms with Crippen LogP contribution in [0.5, 0.6) is 0 Å². The number of carbonyl (C=O) groups is 2. The summed E-state index contributed by atoms with van der Waals surface area (Å²) in [6, 6.07) is 4.41. The molecule has 0 saturated heterocycles. The first-order valence-corrected chi connectivity index (χ1v) is 5.62. The summed E-state index contributed by atoms with van der Waals surface area (Å²) in [5, 5.41) is 18.1. The molecular weight excluding hydrogens is 234 g/mol. The highest BCUT2D eigenvalue weighted by Gasteiger charge is 2.28. The highest BCUT2D eigenvalue weighted by atomic mass is 16.4. The monoisotopic (exact) mass is 251 g/mol. The van der Waals surface area contributed by atoms with Crippen LogP contribution < -0.4 is 4.90 Å². The van der Waals surface area contributed by atoms with Gasteiger partial charge in [0.05, 0.1) is 5.69 Å². The van der Waals surface area contributed by atoms with Crippen molar-refractivity contribution in [2.24, 2.45) is 0 Å². The summed E-state index contributed by atoms with van der Waals surface area (Å²) >= 11 is 0. The lowest BCUT2D eigenvalue weighted by atomic mass is 10.1. The van der Waals surface area contributed by atoms with E-state index in [1.54, 1.807) is 26.0 Å². The van der Waals surface area contributed by atoms with Crippen LogP contribution in [0.3, 0.4) is 0 Å². The molecule has 0 unspecified atom stereocenters. The van der Waals surface area contributed by atoms with Crippen LogP contribution in [0.25, 0.3) is 0 Å². The van der Waals surface area contributed by atoms with E-state index in [-0.39, 0.29) is 0 Å². The van der Waals surface area contributed by atoms with E-state index in [1.807, 2.05) is 6.07 Å². The van der Waals surface area contributed by atoms with E-state index in [9.17, 15) is 9.59 Å². The molecule has 1 aromatic carbocycles. The second-order valence-electron chi connectivity index (χ2n) is 4.18. The molecule has 0 aromatic heterocycles. The maximum Gasteiger partial charge on any atom is 0.326 e. The summed E-state index contributed by atoms with van der Waals surface area (Å²) in [5.74, 6) is -1.73. The normalized spacial score (nSPS) is 12.0. The lowest BCUT2D eigenvalue weighted by Crippen LogP contribution is -2.45. The van der Waals surface area contributed by atoms with E-state index in [2.05, 4.69) is 0 Å². The van der Waals surface area contributed by atoms with Gasteiger partial charge in [0.25, 0.3) is 5.91 Å². The van der Waals surface area contributed by atoms with Crippen LogP contribution in [0, 0.1) is 13.8 Å². The zero-order chi connectivity index (χ0) is 13.9. The van der Waals surface area contributed by atoms with Crippen LogP contribution >= 0.6 is 0 Å². The minimum atomic E-state index is -1.11. The van der Waals surface area contributed by atoms with Crippen LogP contribution in [0.4, 0.5) is 5.69 Å². The molecule has 0 radical (unpaired) electrons. The molecular formula is C13H17NO4. The third-order valence-electron chi connectivity index (χ3n) is 2.83. The average molecular weight is 251 g/mol. The van der Waals surface area contributed by atoms with E-state index in [0.717, 1.165) is 16.0 Å². The molecule has 1 rings (SSSR count). The number of benzene rings is 1. The number of rotatable bonds is 4. The summed E-state index contributed by atoms with van der Waals surface area (Å²) in [6.07, 6.45) is 0. The van der Waals surface area contributed by atoms with Crippen LogP contribution in [-0.4, -0.2) is 34.7 Å². The SMILES string of the molecule is Cc1cccc(C)c1N(C(=O)CO)[C@H](C)C(=O)O. The summed E-state index contributed by atoms with van der Waals surface area (Å²) in [5.41, 5.74) is 2.14. The number of aliphatic carboxylic acids is 1. The number of aryl methyl sites for hydroxylation is 2. The predicted molar refractivity (Wildman–Crippen MR) is 67.6 cm³/mol. The van der Waals surface area contributed by atoms with Gasteiger partial charge in [0, 0.05) is 0 Å². The minimum absolute atomic E-state index is 0.548. The van der Waals surface area contributed by atoms with Gasteiger partial charge >= 0.3 is 5.97 Å². The number of anilines is 1. The Labute approximate surface area is 106 Å². The molecule has 0 aliphatic rings. The van der Waals surface area contributed by atoms with Gasteiger partial charge in [-0.2, -0.15) is 0 Å². The fourth-order valence-electron chi connectivity index (χ4n) is 1.91. The van der Waals surface area contributed by atoms with E-state index >= 15 is 0 Å². The molecule has 18 heavy (non-hydrogen) atoms. The molecule has 98 valence electrons. The molecule has 1 atom stereocenters. The summed E-state index contributed by atoms with van der Waals surface area (Å²) < 4.78 is 0. The van der Waals surface area contributed by atoms with Crippen molar-refractivity contribution in [2.75, 3.05) is 11.5 Å². The molecule has 0 spiro atoms. The third-order valence-corrected chi connectivity index (χ3v) is 2.83. The number of aliphatic hydroxyl groups is 1. The first-order chi connectivity index (χ1) is 8.40. The zero-order valence-electron chi connectivity index (χ0n) is 10.7.